The fourth-order valence-electron chi connectivity index (χ4n) is 7.43. The lowest BCUT2D eigenvalue weighted by Crippen LogP contribution is -2.53. The minimum Gasteiger partial charge on any atom is -0.492 e. The van der Waals surface area contributed by atoms with E-state index in [0.29, 0.717) is 53.1 Å². The molecule has 13 heteroatoms. The summed E-state index contributed by atoms with van der Waals surface area (Å²) in [5.74, 6) is -0.875. The Hall–Kier alpha value is -6.05. The minimum absolute atomic E-state index is 0.229. The average molecular weight is 816 g/mol. The van der Waals surface area contributed by atoms with Crippen molar-refractivity contribution in [2.24, 2.45) is 16.5 Å². The van der Waals surface area contributed by atoms with E-state index < -0.39 is 35.8 Å². The highest BCUT2D eigenvalue weighted by molar-refractivity contribution is 6.00. The molecule has 0 radical (unpaired) electrons. The Morgan fingerprint density at radius 1 is 0.867 bits per heavy atom. The second-order valence-corrected chi connectivity index (χ2v) is 15.5. The number of amides is 4. The molecule has 13 nitrogen and oxygen atoms in total. The molecule has 0 fully saturated rings. The van der Waals surface area contributed by atoms with Gasteiger partial charge < -0.3 is 41.8 Å². The first-order valence-corrected chi connectivity index (χ1v) is 20.8. The third-order valence-corrected chi connectivity index (χ3v) is 10.8. The van der Waals surface area contributed by atoms with Crippen LogP contribution in [0.3, 0.4) is 0 Å². The molecule has 2 heterocycles. The first-order chi connectivity index (χ1) is 29.0. The van der Waals surface area contributed by atoms with E-state index in [0.717, 1.165) is 41.7 Å². The average Bonchev–Trinajstić information content (AvgIpc) is 4.08. The van der Waals surface area contributed by atoms with E-state index in [1.54, 1.807) is 44.2 Å². The number of aryl methyl sites for hydroxylation is 1. The second kappa shape index (κ2) is 20.3. The summed E-state index contributed by atoms with van der Waals surface area (Å²) in [5, 5.41) is 8.78. The number of likely N-dealkylation sites (N-methyl/N-ethyl adjacent to an activating group) is 1. The number of ether oxygens (including phenoxy) is 2. The van der Waals surface area contributed by atoms with Crippen LogP contribution in [0.4, 0.5) is 0 Å². The number of nitrogens with zero attached hydrogens (tertiary/aromatic N) is 2. The van der Waals surface area contributed by atoms with Gasteiger partial charge in [-0.1, -0.05) is 61.9 Å². The molecule has 4 aromatic carbocycles. The summed E-state index contributed by atoms with van der Waals surface area (Å²) >= 11 is 0. The second-order valence-electron chi connectivity index (χ2n) is 15.5. The molecule has 6 rings (SSSR count). The normalized spacial score (nSPS) is 17.9. The molecule has 2 aliphatic rings. The van der Waals surface area contributed by atoms with E-state index in [-0.39, 0.29) is 38.3 Å². The standard InChI is InChI=1S/C47H57N7O6/c1-5-6-7-31-8-11-33(12-9-31)34-13-15-35(16-14-34)45(56)52-30(3)47(58)54(4)43-36-17-19-42(60-23-21-49)40(26-36)39-25-32(10-18-41(39)59-22-20-48)24-37(27-38-28-50-38)53-44(55)29(2)51-46(43)57/h8-19,25-26,29-30,37,43H,5-7,20-24,27-28,48-49H2,1-4H3,(H,51,57)(H,52,56)(H,53,55)/t29-,30-,37-,43-/m0/s1. The van der Waals surface area contributed by atoms with Gasteiger partial charge in [0.2, 0.25) is 17.7 Å². The minimum atomic E-state index is -1.22. The van der Waals surface area contributed by atoms with Gasteiger partial charge in [0, 0.05) is 55.0 Å². The number of nitrogens with two attached hydrogens (primary N) is 2. The SMILES string of the molecule is CCCCc1ccc(-c2ccc(C(=O)N[C@@H](C)C(=O)N(C)[C@@H]3C(=O)N[C@@H](C)C(=O)N[C@H](CC4=NC4)Cc4ccc(OCCN)c(c4)-c4cc3ccc4OCCN)cc2)cc1. The molecular weight excluding hydrogens is 759 g/mol. The molecule has 0 aromatic heterocycles. The van der Waals surface area contributed by atoms with Crippen LogP contribution in [-0.2, 0) is 27.2 Å². The molecular formula is C47H57N7O6. The highest BCUT2D eigenvalue weighted by Gasteiger charge is 2.35. The van der Waals surface area contributed by atoms with Crippen molar-refractivity contribution in [1.29, 1.82) is 0 Å². The number of nitrogens with one attached hydrogen (secondary N) is 3. The fourth-order valence-corrected chi connectivity index (χ4v) is 7.43. The van der Waals surface area contributed by atoms with Gasteiger partial charge in [-0.25, -0.2) is 0 Å². The molecule has 316 valence electrons. The van der Waals surface area contributed by atoms with E-state index >= 15 is 0 Å². The molecule has 0 aliphatic carbocycles. The summed E-state index contributed by atoms with van der Waals surface area (Å²) in [6.07, 6.45) is 4.38. The first kappa shape index (κ1) is 43.5. The number of rotatable bonds is 16. The van der Waals surface area contributed by atoms with Crippen LogP contribution in [0.25, 0.3) is 22.3 Å². The number of fused-ring (bicyclic) bond motifs is 5. The van der Waals surface area contributed by atoms with Gasteiger partial charge in [-0.15, -0.1) is 0 Å². The third-order valence-electron chi connectivity index (χ3n) is 10.8. The summed E-state index contributed by atoms with van der Waals surface area (Å²) in [6.45, 7) is 7.06. The van der Waals surface area contributed by atoms with Crippen LogP contribution < -0.4 is 36.9 Å². The van der Waals surface area contributed by atoms with Gasteiger partial charge in [-0.3, -0.25) is 24.2 Å². The molecule has 4 atom stereocenters. The monoisotopic (exact) mass is 815 g/mol. The molecule has 60 heavy (non-hydrogen) atoms. The van der Waals surface area contributed by atoms with Crippen LogP contribution in [0.15, 0.2) is 89.9 Å². The van der Waals surface area contributed by atoms with E-state index in [2.05, 4.69) is 52.1 Å². The van der Waals surface area contributed by atoms with Crippen molar-refractivity contribution < 1.29 is 28.7 Å². The van der Waals surface area contributed by atoms with Crippen LogP contribution in [0, 0.1) is 0 Å². The number of carbonyl (C=O) groups is 4. The van der Waals surface area contributed by atoms with Crippen molar-refractivity contribution in [2.75, 3.05) is 39.9 Å². The highest BCUT2D eigenvalue weighted by Crippen LogP contribution is 2.40. The lowest BCUT2D eigenvalue weighted by atomic mass is 9.93. The Morgan fingerprint density at radius 2 is 1.48 bits per heavy atom. The number of aliphatic imine (C=N–C) groups is 1. The van der Waals surface area contributed by atoms with Gasteiger partial charge >= 0.3 is 0 Å². The van der Waals surface area contributed by atoms with E-state index in [9.17, 15) is 19.2 Å². The Kier molecular flexibility index (Phi) is 14.7. The van der Waals surface area contributed by atoms with Crippen molar-refractivity contribution in [1.82, 2.24) is 20.9 Å². The molecule has 0 unspecified atom stereocenters. The number of unbranched alkanes of at least 4 members (excludes halogenated alkanes) is 1. The van der Waals surface area contributed by atoms with Gasteiger partial charge in [-0.05, 0) is 97.3 Å². The Morgan fingerprint density at radius 3 is 2.10 bits per heavy atom. The quantitative estimate of drug-likeness (QED) is 0.107. The fraction of sp³-hybridized carbons (Fsp3) is 0.383. The van der Waals surface area contributed by atoms with Gasteiger partial charge in [0.05, 0.1) is 6.54 Å². The van der Waals surface area contributed by atoms with Crippen molar-refractivity contribution >= 4 is 29.3 Å². The summed E-state index contributed by atoms with van der Waals surface area (Å²) in [5.41, 5.74) is 19.1. The van der Waals surface area contributed by atoms with Gasteiger partial charge in [0.15, 0.2) is 0 Å². The lowest BCUT2D eigenvalue weighted by Gasteiger charge is -2.32. The van der Waals surface area contributed by atoms with Crippen LogP contribution in [0.2, 0.25) is 0 Å². The van der Waals surface area contributed by atoms with Crippen LogP contribution in [0.5, 0.6) is 11.5 Å². The molecule has 7 N–H and O–H groups in total. The van der Waals surface area contributed by atoms with E-state index in [1.807, 2.05) is 30.3 Å². The summed E-state index contributed by atoms with van der Waals surface area (Å²) in [6, 6.07) is 23.2. The van der Waals surface area contributed by atoms with Crippen molar-refractivity contribution in [3.05, 3.63) is 107 Å². The maximum atomic E-state index is 14.4. The lowest BCUT2D eigenvalue weighted by molar-refractivity contribution is -0.141. The molecule has 4 amide bonds. The van der Waals surface area contributed by atoms with E-state index in [1.165, 1.54) is 17.5 Å². The number of hydrogen-bond acceptors (Lipinski definition) is 9. The zero-order chi connectivity index (χ0) is 42.8. The Bertz CT molecular complexity index is 2190. The topological polar surface area (TPSA) is 190 Å². The van der Waals surface area contributed by atoms with Crippen molar-refractivity contribution in [3.8, 4) is 33.8 Å². The highest BCUT2D eigenvalue weighted by atomic mass is 16.5. The molecule has 4 bridgehead atoms. The van der Waals surface area contributed by atoms with Gasteiger partial charge in [-0.2, -0.15) is 0 Å². The summed E-state index contributed by atoms with van der Waals surface area (Å²) < 4.78 is 12.3. The van der Waals surface area contributed by atoms with Crippen LogP contribution in [0.1, 0.15) is 73.1 Å². The Labute approximate surface area is 352 Å². The summed E-state index contributed by atoms with van der Waals surface area (Å²) in [4.78, 5) is 61.4. The first-order valence-electron chi connectivity index (χ1n) is 20.8. The predicted molar refractivity (Wildman–Crippen MR) is 234 cm³/mol. The molecule has 0 spiro atoms. The molecule has 4 aromatic rings. The Balaban J connectivity index is 1.30. The van der Waals surface area contributed by atoms with Gasteiger partial charge in [0.25, 0.3) is 5.91 Å². The maximum absolute atomic E-state index is 14.4. The zero-order valence-electron chi connectivity index (χ0n) is 35.0. The number of carbonyl (C=O) groups excluding carboxylic acids is 4. The molecule has 0 saturated heterocycles. The predicted octanol–water partition coefficient (Wildman–Crippen LogP) is 4.75. The van der Waals surface area contributed by atoms with Crippen LogP contribution in [-0.4, -0.2) is 92.3 Å². The van der Waals surface area contributed by atoms with Crippen molar-refractivity contribution in [3.63, 3.8) is 0 Å². The van der Waals surface area contributed by atoms with Crippen molar-refractivity contribution in [2.45, 2.75) is 77.0 Å². The zero-order valence-corrected chi connectivity index (χ0v) is 35.0. The maximum Gasteiger partial charge on any atom is 0.251 e. The number of hydrogen-bond donors (Lipinski definition) is 5. The van der Waals surface area contributed by atoms with Crippen LogP contribution >= 0.6 is 0 Å². The van der Waals surface area contributed by atoms with Gasteiger partial charge in [0.1, 0.15) is 42.8 Å². The van der Waals surface area contributed by atoms with E-state index in [4.69, 9.17) is 20.9 Å². The smallest absolute Gasteiger partial charge is 0.251 e. The summed E-state index contributed by atoms with van der Waals surface area (Å²) in [7, 11) is 1.51. The molecule has 0 saturated carbocycles. The molecule has 2 aliphatic heterocycles. The largest absolute Gasteiger partial charge is 0.492 e. The third kappa shape index (κ3) is 11.0. The number of benzene rings is 4.